The van der Waals surface area contributed by atoms with Crippen molar-refractivity contribution in [2.24, 2.45) is 0 Å². The van der Waals surface area contributed by atoms with Crippen LogP contribution < -0.4 is 14.8 Å². The van der Waals surface area contributed by atoms with E-state index in [0.717, 1.165) is 22.0 Å². The Balaban J connectivity index is 1.32. The van der Waals surface area contributed by atoms with Gasteiger partial charge in [0.1, 0.15) is 11.3 Å². The van der Waals surface area contributed by atoms with Gasteiger partial charge >= 0.3 is 0 Å². The summed E-state index contributed by atoms with van der Waals surface area (Å²) in [5, 5.41) is 12.6. The molecule has 5 rings (SSSR count). The molecule has 206 valence electrons. The van der Waals surface area contributed by atoms with Gasteiger partial charge in [0.2, 0.25) is 11.1 Å². The van der Waals surface area contributed by atoms with Gasteiger partial charge in [0.15, 0.2) is 17.1 Å². The number of benzene rings is 3. The van der Waals surface area contributed by atoms with Crippen molar-refractivity contribution in [3.63, 3.8) is 0 Å². The first kappa shape index (κ1) is 27.4. The SMILES string of the molecule is COc1ccc(CCNC(=O)C(C)Sc2nnc3c4cc(C)ccc4n(Cc4ccccc4F)c3n2)cc1OC. The second-order valence-corrected chi connectivity index (χ2v) is 10.8. The molecule has 1 atom stereocenters. The van der Waals surface area contributed by atoms with Crippen LogP contribution in [-0.4, -0.2) is 51.7 Å². The van der Waals surface area contributed by atoms with Crippen LogP contribution in [0.15, 0.2) is 65.8 Å². The monoisotopic (exact) mass is 559 g/mol. The van der Waals surface area contributed by atoms with E-state index in [1.807, 2.05) is 60.9 Å². The normalized spacial score (nSPS) is 12.0. The van der Waals surface area contributed by atoms with Crippen LogP contribution in [-0.2, 0) is 17.8 Å². The van der Waals surface area contributed by atoms with E-state index in [2.05, 4.69) is 15.5 Å². The minimum Gasteiger partial charge on any atom is -0.493 e. The first-order chi connectivity index (χ1) is 19.4. The minimum atomic E-state index is -0.448. The van der Waals surface area contributed by atoms with Crippen LogP contribution in [0.25, 0.3) is 22.1 Å². The average Bonchev–Trinajstić information content (AvgIpc) is 3.25. The van der Waals surface area contributed by atoms with E-state index >= 15 is 0 Å². The average molecular weight is 560 g/mol. The lowest BCUT2D eigenvalue weighted by Crippen LogP contribution is -2.32. The highest BCUT2D eigenvalue weighted by Crippen LogP contribution is 2.30. The second kappa shape index (κ2) is 11.9. The van der Waals surface area contributed by atoms with Crippen molar-refractivity contribution >= 4 is 39.7 Å². The summed E-state index contributed by atoms with van der Waals surface area (Å²) in [6.45, 7) is 4.58. The number of ether oxygens (including phenoxy) is 2. The van der Waals surface area contributed by atoms with Crippen molar-refractivity contribution in [1.29, 1.82) is 0 Å². The molecule has 0 spiro atoms. The quantitative estimate of drug-likeness (QED) is 0.231. The molecule has 0 bridgehead atoms. The lowest BCUT2D eigenvalue weighted by atomic mass is 10.1. The summed E-state index contributed by atoms with van der Waals surface area (Å²) >= 11 is 1.23. The Morgan fingerprint density at radius 2 is 1.85 bits per heavy atom. The van der Waals surface area contributed by atoms with Gasteiger partial charge in [0, 0.05) is 17.5 Å². The molecule has 0 saturated carbocycles. The maximum absolute atomic E-state index is 14.5. The van der Waals surface area contributed by atoms with Crippen LogP contribution in [0.1, 0.15) is 23.6 Å². The van der Waals surface area contributed by atoms with Crippen molar-refractivity contribution < 1.29 is 18.7 Å². The molecule has 1 amide bonds. The van der Waals surface area contributed by atoms with Crippen LogP contribution in [0.2, 0.25) is 0 Å². The predicted molar refractivity (Wildman–Crippen MR) is 155 cm³/mol. The fraction of sp³-hybridized carbons (Fsp3) is 0.267. The van der Waals surface area contributed by atoms with E-state index in [9.17, 15) is 9.18 Å². The largest absolute Gasteiger partial charge is 0.493 e. The molecule has 2 heterocycles. The number of carbonyl (C=O) groups excluding carboxylic acids is 1. The molecule has 1 N–H and O–H groups in total. The lowest BCUT2D eigenvalue weighted by molar-refractivity contribution is -0.120. The zero-order valence-corrected chi connectivity index (χ0v) is 23.6. The number of carbonyl (C=O) groups is 1. The maximum atomic E-state index is 14.5. The van der Waals surface area contributed by atoms with Crippen LogP contribution in [0.4, 0.5) is 4.39 Å². The van der Waals surface area contributed by atoms with E-state index in [4.69, 9.17) is 14.5 Å². The number of amides is 1. The third kappa shape index (κ3) is 5.72. The summed E-state index contributed by atoms with van der Waals surface area (Å²) < 4.78 is 27.1. The van der Waals surface area contributed by atoms with Gasteiger partial charge in [-0.2, -0.15) is 0 Å². The Kier molecular flexibility index (Phi) is 8.16. The summed E-state index contributed by atoms with van der Waals surface area (Å²) in [5.41, 5.74) is 4.80. The van der Waals surface area contributed by atoms with Gasteiger partial charge < -0.3 is 19.4 Å². The fourth-order valence-corrected chi connectivity index (χ4v) is 5.32. The number of fused-ring (bicyclic) bond motifs is 3. The van der Waals surface area contributed by atoms with Gasteiger partial charge in [-0.1, -0.05) is 47.7 Å². The molecule has 0 saturated heterocycles. The molecule has 0 fully saturated rings. The van der Waals surface area contributed by atoms with Gasteiger partial charge in [-0.25, -0.2) is 9.37 Å². The maximum Gasteiger partial charge on any atom is 0.233 e. The number of aromatic nitrogens is 4. The highest BCUT2D eigenvalue weighted by atomic mass is 32.2. The second-order valence-electron chi connectivity index (χ2n) is 9.46. The number of hydrogen-bond donors (Lipinski definition) is 1. The number of rotatable bonds is 10. The first-order valence-corrected chi connectivity index (χ1v) is 13.8. The van der Waals surface area contributed by atoms with Gasteiger partial charge in [-0.05, 0) is 56.2 Å². The molecule has 0 aliphatic rings. The van der Waals surface area contributed by atoms with E-state index in [1.54, 1.807) is 26.4 Å². The third-order valence-electron chi connectivity index (χ3n) is 6.70. The fourth-order valence-electron chi connectivity index (χ4n) is 4.58. The Morgan fingerprint density at radius 1 is 1.05 bits per heavy atom. The zero-order valence-electron chi connectivity index (χ0n) is 22.8. The lowest BCUT2D eigenvalue weighted by Gasteiger charge is -2.12. The Morgan fingerprint density at radius 3 is 2.62 bits per heavy atom. The topological polar surface area (TPSA) is 91.2 Å². The van der Waals surface area contributed by atoms with Crippen LogP contribution in [0.3, 0.4) is 0 Å². The van der Waals surface area contributed by atoms with E-state index in [0.29, 0.717) is 52.9 Å². The molecule has 0 radical (unpaired) electrons. The highest BCUT2D eigenvalue weighted by Gasteiger charge is 2.20. The molecular formula is C30H30FN5O3S. The molecule has 8 nitrogen and oxygen atoms in total. The van der Waals surface area contributed by atoms with Crippen molar-refractivity contribution in [2.75, 3.05) is 20.8 Å². The van der Waals surface area contributed by atoms with Gasteiger partial charge in [-0.3, -0.25) is 4.79 Å². The van der Waals surface area contributed by atoms with Gasteiger partial charge in [-0.15, -0.1) is 10.2 Å². The summed E-state index contributed by atoms with van der Waals surface area (Å²) in [4.78, 5) is 17.6. The molecule has 3 aromatic carbocycles. The van der Waals surface area contributed by atoms with Gasteiger partial charge in [0.05, 0.1) is 31.5 Å². The highest BCUT2D eigenvalue weighted by molar-refractivity contribution is 8.00. The molecular weight excluding hydrogens is 529 g/mol. The minimum absolute atomic E-state index is 0.128. The Bertz CT molecular complexity index is 1690. The summed E-state index contributed by atoms with van der Waals surface area (Å²) in [6, 6.07) is 18.4. The zero-order chi connectivity index (χ0) is 28.2. The number of thioether (sulfide) groups is 1. The van der Waals surface area contributed by atoms with E-state index in [1.165, 1.54) is 17.8 Å². The van der Waals surface area contributed by atoms with Crippen molar-refractivity contribution in [2.45, 2.75) is 37.2 Å². The third-order valence-corrected chi connectivity index (χ3v) is 7.65. The van der Waals surface area contributed by atoms with Crippen molar-refractivity contribution in [3.8, 4) is 11.5 Å². The number of halogens is 1. The molecule has 0 aliphatic heterocycles. The molecule has 1 unspecified atom stereocenters. The summed E-state index contributed by atoms with van der Waals surface area (Å²) in [5.74, 6) is 0.906. The summed E-state index contributed by atoms with van der Waals surface area (Å²) in [6.07, 6.45) is 0.642. The van der Waals surface area contributed by atoms with Crippen molar-refractivity contribution in [1.82, 2.24) is 25.1 Å². The van der Waals surface area contributed by atoms with E-state index in [-0.39, 0.29) is 11.7 Å². The number of aryl methyl sites for hydroxylation is 1. The summed E-state index contributed by atoms with van der Waals surface area (Å²) in [7, 11) is 3.19. The molecule has 5 aromatic rings. The van der Waals surface area contributed by atoms with Gasteiger partial charge in [0.25, 0.3) is 0 Å². The van der Waals surface area contributed by atoms with Crippen molar-refractivity contribution in [3.05, 3.63) is 83.2 Å². The number of hydrogen-bond acceptors (Lipinski definition) is 7. The van der Waals surface area contributed by atoms with Crippen LogP contribution in [0, 0.1) is 12.7 Å². The Labute approximate surface area is 235 Å². The molecule has 40 heavy (non-hydrogen) atoms. The smallest absolute Gasteiger partial charge is 0.233 e. The van der Waals surface area contributed by atoms with Crippen LogP contribution >= 0.6 is 11.8 Å². The van der Waals surface area contributed by atoms with Crippen LogP contribution in [0.5, 0.6) is 11.5 Å². The predicted octanol–water partition coefficient (Wildman–Crippen LogP) is 5.33. The first-order valence-electron chi connectivity index (χ1n) is 12.9. The number of nitrogens with zero attached hydrogens (tertiary/aromatic N) is 4. The standard InChI is InChI=1S/C30H30FN5O3S/c1-18-9-11-24-22(15-18)27-28(36(24)17-21-7-5-6-8-23(21)31)33-30(35-34-27)40-19(2)29(37)32-14-13-20-10-12-25(38-3)26(16-20)39-4/h5-12,15-16,19H,13-14,17H2,1-4H3,(H,32,37). The molecule has 10 heteroatoms. The molecule has 0 aliphatic carbocycles. The molecule has 2 aromatic heterocycles. The Hall–Kier alpha value is -4.18. The number of methoxy groups -OCH3 is 2. The van der Waals surface area contributed by atoms with E-state index < -0.39 is 5.25 Å². The number of nitrogens with one attached hydrogen (secondary N) is 1.